The van der Waals surface area contributed by atoms with E-state index in [-0.39, 0.29) is 29.1 Å². The zero-order valence-electron chi connectivity index (χ0n) is 19.8. The van der Waals surface area contributed by atoms with Crippen molar-refractivity contribution in [2.75, 3.05) is 50.8 Å². The first-order chi connectivity index (χ1) is 14.2. The average Bonchev–Trinajstić information content (AvgIpc) is 2.67. The van der Waals surface area contributed by atoms with Crippen molar-refractivity contribution in [1.82, 2.24) is 4.90 Å². The van der Waals surface area contributed by atoms with Gasteiger partial charge in [-0.3, -0.25) is 4.90 Å². The zero-order valence-corrected chi connectivity index (χ0v) is 20.6. The summed E-state index contributed by atoms with van der Waals surface area (Å²) in [5, 5.41) is 0. The first kappa shape index (κ1) is 24.5. The molecule has 0 unspecified atom stereocenters. The maximum Gasteiger partial charge on any atom is 0.123 e. The fourth-order valence-electron chi connectivity index (χ4n) is 6.06. The molecule has 5 heteroatoms. The van der Waals surface area contributed by atoms with Crippen molar-refractivity contribution < 1.29 is 9.13 Å². The number of allylic oxidation sites excluding steroid dienone is 2. The molecule has 0 saturated carbocycles. The normalized spacial score (nSPS) is 24.4. The molecule has 2 heterocycles. The summed E-state index contributed by atoms with van der Waals surface area (Å²) in [7, 11) is 0. The summed E-state index contributed by atoms with van der Waals surface area (Å²) >= 11 is 0. The summed E-state index contributed by atoms with van der Waals surface area (Å²) in [6.07, 6.45) is 6.97. The lowest BCUT2D eigenvalue weighted by atomic mass is 9.65. The minimum Gasteiger partial charge on any atom is -0.381 e. The molecule has 0 spiro atoms. The number of hydrogen-bond donors (Lipinski definition) is 0. The van der Waals surface area contributed by atoms with Gasteiger partial charge in [0.05, 0.1) is 0 Å². The van der Waals surface area contributed by atoms with E-state index in [1.54, 1.807) is 12.1 Å². The first-order valence-electron chi connectivity index (χ1n) is 11.8. The maximum atomic E-state index is 14.3. The van der Waals surface area contributed by atoms with Gasteiger partial charge in [-0.25, -0.2) is 4.39 Å². The van der Waals surface area contributed by atoms with Crippen molar-refractivity contribution in [2.24, 2.45) is 16.7 Å². The molecule has 0 amide bonds. The molecule has 3 aliphatic rings. The Bertz CT molecular complexity index is 778. The summed E-state index contributed by atoms with van der Waals surface area (Å²) in [5.41, 5.74) is 4.01. The topological polar surface area (TPSA) is 15.7 Å². The smallest absolute Gasteiger partial charge is 0.123 e. The van der Waals surface area contributed by atoms with Crippen LogP contribution in [0.25, 0.3) is 5.57 Å². The van der Waals surface area contributed by atoms with Crippen LogP contribution in [0.4, 0.5) is 10.1 Å². The van der Waals surface area contributed by atoms with Crippen molar-refractivity contribution in [1.29, 1.82) is 0 Å². The summed E-state index contributed by atoms with van der Waals surface area (Å²) in [4.78, 5) is 5.09. The Morgan fingerprint density at radius 1 is 1.03 bits per heavy atom. The molecule has 0 N–H and O–H groups in total. The number of piperazine rings is 1. The number of hydrogen-bond acceptors (Lipinski definition) is 3. The van der Waals surface area contributed by atoms with Crippen LogP contribution >= 0.6 is 12.4 Å². The standard InChI is InChI=1S/C26H39FN2O.ClH/c1-25(2)16-21(17-26(3,4)19-25)23-15-22(27)5-6-24(23)29-11-9-28(10-12-29)18-20-7-13-30-14-8-20;/h5-6,15-16,20H,7-14,17-19H2,1-4H3;1H. The van der Waals surface area contributed by atoms with E-state index in [2.05, 4.69) is 43.6 Å². The monoisotopic (exact) mass is 450 g/mol. The molecule has 0 bridgehead atoms. The molecule has 3 nitrogen and oxygen atoms in total. The molecule has 0 aromatic heterocycles. The van der Waals surface area contributed by atoms with E-state index in [1.165, 1.54) is 37.1 Å². The summed E-state index contributed by atoms with van der Waals surface area (Å²) in [5.74, 6) is 0.650. The van der Waals surface area contributed by atoms with Gasteiger partial charge in [0, 0.05) is 57.2 Å². The average molecular weight is 451 g/mol. The van der Waals surface area contributed by atoms with Gasteiger partial charge in [0.25, 0.3) is 0 Å². The molecule has 2 aliphatic heterocycles. The third-order valence-corrected chi connectivity index (χ3v) is 7.04. The molecule has 2 fully saturated rings. The fourth-order valence-corrected chi connectivity index (χ4v) is 6.06. The fraction of sp³-hybridized carbons (Fsp3) is 0.692. The van der Waals surface area contributed by atoms with Crippen LogP contribution in [0.1, 0.15) is 58.9 Å². The quantitative estimate of drug-likeness (QED) is 0.557. The van der Waals surface area contributed by atoms with Gasteiger partial charge >= 0.3 is 0 Å². The number of halogens is 2. The van der Waals surface area contributed by atoms with E-state index >= 15 is 0 Å². The van der Waals surface area contributed by atoms with Crippen molar-refractivity contribution >= 4 is 23.7 Å². The Morgan fingerprint density at radius 2 is 1.71 bits per heavy atom. The molecule has 1 aromatic rings. The third kappa shape index (κ3) is 6.24. The SMILES string of the molecule is CC1(C)C=C(c2cc(F)ccc2N2CCN(CC3CCOCC3)CC2)CC(C)(C)C1.Cl. The Labute approximate surface area is 194 Å². The van der Waals surface area contributed by atoms with E-state index in [4.69, 9.17) is 4.74 Å². The van der Waals surface area contributed by atoms with Gasteiger partial charge in [-0.1, -0.05) is 33.8 Å². The molecule has 1 aromatic carbocycles. The number of benzene rings is 1. The van der Waals surface area contributed by atoms with Crippen LogP contribution in [0.2, 0.25) is 0 Å². The van der Waals surface area contributed by atoms with Gasteiger partial charge in [-0.2, -0.15) is 0 Å². The highest BCUT2D eigenvalue weighted by Gasteiger charge is 2.34. The Balaban J connectivity index is 0.00000272. The number of rotatable bonds is 4. The van der Waals surface area contributed by atoms with E-state index < -0.39 is 0 Å². The highest BCUT2D eigenvalue weighted by molar-refractivity contribution is 5.85. The molecule has 4 rings (SSSR count). The summed E-state index contributed by atoms with van der Waals surface area (Å²) in [6, 6.07) is 5.41. The van der Waals surface area contributed by atoms with Gasteiger partial charge in [0.15, 0.2) is 0 Å². The summed E-state index contributed by atoms with van der Waals surface area (Å²) in [6.45, 7) is 16.5. The predicted molar refractivity (Wildman–Crippen MR) is 131 cm³/mol. The molecular formula is C26H40ClFN2O. The van der Waals surface area contributed by atoms with Crippen molar-refractivity contribution in [3.05, 3.63) is 35.7 Å². The summed E-state index contributed by atoms with van der Waals surface area (Å²) < 4.78 is 19.8. The van der Waals surface area contributed by atoms with Crippen LogP contribution in [0.15, 0.2) is 24.3 Å². The molecule has 0 atom stereocenters. The van der Waals surface area contributed by atoms with Gasteiger partial charge in [0.2, 0.25) is 0 Å². The highest BCUT2D eigenvalue weighted by atomic mass is 35.5. The van der Waals surface area contributed by atoms with Crippen LogP contribution in [-0.2, 0) is 4.74 Å². The van der Waals surface area contributed by atoms with Gasteiger partial charge in [0.1, 0.15) is 5.82 Å². The van der Waals surface area contributed by atoms with Crippen molar-refractivity contribution in [3.8, 4) is 0 Å². The Morgan fingerprint density at radius 3 is 2.35 bits per heavy atom. The first-order valence-corrected chi connectivity index (χ1v) is 11.8. The van der Waals surface area contributed by atoms with Gasteiger partial charge in [-0.15, -0.1) is 12.4 Å². The number of ether oxygens (including phenoxy) is 1. The number of anilines is 1. The molecule has 2 saturated heterocycles. The van der Waals surface area contributed by atoms with Crippen LogP contribution in [-0.4, -0.2) is 50.8 Å². The molecule has 174 valence electrons. The molecule has 31 heavy (non-hydrogen) atoms. The number of nitrogens with zero attached hydrogens (tertiary/aromatic N) is 2. The largest absolute Gasteiger partial charge is 0.381 e. The van der Waals surface area contributed by atoms with E-state index in [0.29, 0.717) is 0 Å². The lowest BCUT2D eigenvalue weighted by Gasteiger charge is -2.42. The van der Waals surface area contributed by atoms with Gasteiger partial charge < -0.3 is 9.64 Å². The van der Waals surface area contributed by atoms with Crippen LogP contribution in [0.3, 0.4) is 0 Å². The Hall–Kier alpha value is -1.10. The third-order valence-electron chi connectivity index (χ3n) is 7.04. The van der Waals surface area contributed by atoms with Crippen molar-refractivity contribution in [2.45, 2.75) is 53.4 Å². The van der Waals surface area contributed by atoms with E-state index in [1.807, 2.05) is 6.07 Å². The minimum absolute atomic E-state index is 0. The lowest BCUT2D eigenvalue weighted by molar-refractivity contribution is 0.0517. The van der Waals surface area contributed by atoms with Gasteiger partial charge in [-0.05, 0) is 66.2 Å². The van der Waals surface area contributed by atoms with E-state index in [9.17, 15) is 4.39 Å². The Kier molecular flexibility index (Phi) is 7.76. The second-order valence-electron chi connectivity index (χ2n) is 11.2. The highest BCUT2D eigenvalue weighted by Crippen LogP contribution is 2.48. The van der Waals surface area contributed by atoms with Crippen LogP contribution in [0, 0.1) is 22.6 Å². The van der Waals surface area contributed by atoms with E-state index in [0.717, 1.165) is 57.3 Å². The second-order valence-corrected chi connectivity index (χ2v) is 11.2. The second kappa shape index (κ2) is 9.80. The zero-order chi connectivity index (χ0) is 21.4. The van der Waals surface area contributed by atoms with Crippen LogP contribution in [0.5, 0.6) is 0 Å². The predicted octanol–water partition coefficient (Wildman–Crippen LogP) is 6.03. The lowest BCUT2D eigenvalue weighted by Crippen LogP contribution is -2.48. The minimum atomic E-state index is -0.131. The van der Waals surface area contributed by atoms with Crippen LogP contribution < -0.4 is 4.90 Å². The molecule has 1 aliphatic carbocycles. The maximum absolute atomic E-state index is 14.3. The molecule has 0 radical (unpaired) electrons. The van der Waals surface area contributed by atoms with Crippen molar-refractivity contribution in [3.63, 3.8) is 0 Å². The molecular weight excluding hydrogens is 411 g/mol.